The monoisotopic (exact) mass is 355 g/mol. The van der Waals surface area contributed by atoms with Crippen molar-refractivity contribution < 1.29 is 13.9 Å². The Balaban J connectivity index is 1.71. The van der Waals surface area contributed by atoms with Crippen LogP contribution in [0.15, 0.2) is 48.5 Å². The lowest BCUT2D eigenvalue weighted by Crippen LogP contribution is -2.32. The summed E-state index contributed by atoms with van der Waals surface area (Å²) in [6, 6.07) is 14.4. The zero-order valence-electron chi connectivity index (χ0n) is 13.7. The summed E-state index contributed by atoms with van der Waals surface area (Å²) in [5.41, 5.74) is 1.97. The van der Waals surface area contributed by atoms with Crippen LogP contribution in [0, 0.1) is 5.82 Å². The zero-order valence-corrected chi connectivity index (χ0v) is 14.5. The summed E-state index contributed by atoms with van der Waals surface area (Å²) < 4.78 is 19.7. The smallest absolute Gasteiger partial charge is 0.264 e. The van der Waals surface area contributed by atoms with E-state index in [-0.39, 0.29) is 11.7 Å². The molecule has 3 aromatic rings. The van der Waals surface area contributed by atoms with Gasteiger partial charge < -0.3 is 9.64 Å². The second-order valence-electron chi connectivity index (χ2n) is 6.09. The molecule has 0 radical (unpaired) electrons. The fraction of sp³-hybridized carbons (Fsp3) is 0.250. The summed E-state index contributed by atoms with van der Waals surface area (Å²) in [5, 5.41) is 1.04. The molecule has 3 nitrogen and oxygen atoms in total. The normalized spacial score (nSPS) is 15.3. The molecule has 1 aliphatic heterocycles. The fourth-order valence-electron chi connectivity index (χ4n) is 3.15. The van der Waals surface area contributed by atoms with E-state index in [9.17, 15) is 9.18 Å². The van der Waals surface area contributed by atoms with Crippen LogP contribution in [0.5, 0.6) is 0 Å². The lowest BCUT2D eigenvalue weighted by Gasteiger charge is -2.18. The molecule has 4 rings (SSSR count). The Kier molecular flexibility index (Phi) is 4.51. The maximum Gasteiger partial charge on any atom is 0.264 e. The zero-order chi connectivity index (χ0) is 17.2. The van der Waals surface area contributed by atoms with E-state index in [1.54, 1.807) is 12.1 Å². The summed E-state index contributed by atoms with van der Waals surface area (Å²) >= 11 is 1.51. The first-order valence-corrected chi connectivity index (χ1v) is 9.19. The Bertz CT molecular complexity index is 896. The summed E-state index contributed by atoms with van der Waals surface area (Å²) in [5.74, 6) is -0.183. The van der Waals surface area contributed by atoms with Crippen LogP contribution < -0.4 is 0 Å². The van der Waals surface area contributed by atoms with E-state index in [2.05, 4.69) is 0 Å². The third-order valence-corrected chi connectivity index (χ3v) is 5.53. The summed E-state index contributed by atoms with van der Waals surface area (Å²) in [6.07, 6.45) is 0.872. The van der Waals surface area contributed by atoms with E-state index in [0.29, 0.717) is 19.8 Å². The van der Waals surface area contributed by atoms with Crippen LogP contribution in [-0.2, 0) is 4.74 Å². The van der Waals surface area contributed by atoms with Gasteiger partial charge in [-0.2, -0.15) is 0 Å². The van der Waals surface area contributed by atoms with Crippen molar-refractivity contribution in [3.63, 3.8) is 0 Å². The van der Waals surface area contributed by atoms with Gasteiger partial charge in [0.1, 0.15) is 5.82 Å². The minimum Gasteiger partial charge on any atom is -0.380 e. The van der Waals surface area contributed by atoms with Crippen molar-refractivity contribution in [2.75, 3.05) is 26.3 Å². The van der Waals surface area contributed by atoms with E-state index in [1.165, 1.54) is 23.5 Å². The van der Waals surface area contributed by atoms with Gasteiger partial charge in [0.2, 0.25) is 0 Å². The second kappa shape index (κ2) is 6.94. The molecule has 128 valence electrons. The fourth-order valence-corrected chi connectivity index (χ4v) is 4.21. The van der Waals surface area contributed by atoms with Crippen LogP contribution in [0.2, 0.25) is 0 Å². The highest BCUT2D eigenvalue weighted by atomic mass is 32.1. The number of thiophene rings is 1. The second-order valence-corrected chi connectivity index (χ2v) is 7.18. The molecule has 25 heavy (non-hydrogen) atoms. The molecule has 0 spiro atoms. The Morgan fingerprint density at radius 2 is 1.92 bits per heavy atom. The number of ether oxygens (including phenoxy) is 1. The van der Waals surface area contributed by atoms with E-state index >= 15 is 0 Å². The minimum absolute atomic E-state index is 0.0664. The molecule has 0 aliphatic carbocycles. The van der Waals surface area contributed by atoms with Crippen molar-refractivity contribution in [2.45, 2.75) is 6.42 Å². The maximum absolute atomic E-state index is 13.2. The lowest BCUT2D eigenvalue weighted by molar-refractivity contribution is 0.0746. The quantitative estimate of drug-likeness (QED) is 0.674. The minimum atomic E-state index is -0.250. The Hall–Kier alpha value is -2.24. The molecule has 0 saturated carbocycles. The number of hydrogen-bond acceptors (Lipinski definition) is 3. The first kappa shape index (κ1) is 16.2. The van der Waals surface area contributed by atoms with E-state index < -0.39 is 0 Å². The molecule has 0 N–H and O–H groups in total. The lowest BCUT2D eigenvalue weighted by atomic mass is 10.0. The first-order valence-electron chi connectivity index (χ1n) is 8.38. The molecule has 0 unspecified atom stereocenters. The average Bonchev–Trinajstić information content (AvgIpc) is 2.88. The van der Waals surface area contributed by atoms with Gasteiger partial charge in [0, 0.05) is 29.8 Å². The van der Waals surface area contributed by atoms with E-state index in [1.807, 2.05) is 29.2 Å². The SMILES string of the molecule is O=C(c1cc2c(-c3ccc(F)cc3)cccc2s1)N1CCCOCC1. The highest BCUT2D eigenvalue weighted by molar-refractivity contribution is 7.20. The predicted octanol–water partition coefficient (Wildman–Crippen LogP) is 4.57. The van der Waals surface area contributed by atoms with Crippen molar-refractivity contribution in [1.82, 2.24) is 4.90 Å². The van der Waals surface area contributed by atoms with Crippen molar-refractivity contribution in [3.8, 4) is 11.1 Å². The van der Waals surface area contributed by atoms with E-state index in [4.69, 9.17) is 4.74 Å². The molecular formula is C20H18FNO2S. The predicted molar refractivity (Wildman–Crippen MR) is 98.6 cm³/mol. The third-order valence-electron chi connectivity index (χ3n) is 4.44. The number of carbonyl (C=O) groups is 1. The molecule has 2 heterocycles. The van der Waals surface area contributed by atoms with Crippen LogP contribution in [0.3, 0.4) is 0 Å². The van der Waals surface area contributed by atoms with Gasteiger partial charge in [-0.15, -0.1) is 11.3 Å². The molecule has 1 aromatic heterocycles. The standard InChI is InChI=1S/C20H18FNO2S/c21-15-7-5-14(6-8-15)16-3-1-4-18-17(16)13-19(25-18)20(23)22-9-2-11-24-12-10-22/h1,3-8,13H,2,9-12H2. The third kappa shape index (κ3) is 3.30. The van der Waals surface area contributed by atoms with Crippen molar-refractivity contribution in [2.24, 2.45) is 0 Å². The van der Waals surface area contributed by atoms with Gasteiger partial charge in [0.05, 0.1) is 11.5 Å². The van der Waals surface area contributed by atoms with Crippen LogP contribution in [-0.4, -0.2) is 37.1 Å². The van der Waals surface area contributed by atoms with Crippen LogP contribution in [0.25, 0.3) is 21.2 Å². The van der Waals surface area contributed by atoms with Gasteiger partial charge in [-0.25, -0.2) is 4.39 Å². The summed E-state index contributed by atoms with van der Waals surface area (Å²) in [6.45, 7) is 2.68. The highest BCUT2D eigenvalue weighted by Gasteiger charge is 2.20. The van der Waals surface area contributed by atoms with Gasteiger partial charge in [-0.3, -0.25) is 4.79 Å². The maximum atomic E-state index is 13.2. The number of fused-ring (bicyclic) bond motifs is 1. The number of benzene rings is 2. The number of amides is 1. The van der Waals surface area contributed by atoms with E-state index in [0.717, 1.165) is 39.1 Å². The molecule has 2 aromatic carbocycles. The molecule has 0 bridgehead atoms. The number of nitrogens with zero attached hydrogens (tertiary/aromatic N) is 1. The van der Waals surface area contributed by atoms with Crippen molar-refractivity contribution in [3.05, 3.63) is 59.2 Å². The molecular weight excluding hydrogens is 337 g/mol. The Morgan fingerprint density at radius 1 is 1.08 bits per heavy atom. The Morgan fingerprint density at radius 3 is 2.76 bits per heavy atom. The molecule has 1 saturated heterocycles. The average molecular weight is 355 g/mol. The van der Waals surface area contributed by atoms with Gasteiger partial charge >= 0.3 is 0 Å². The van der Waals surface area contributed by atoms with Crippen LogP contribution in [0.4, 0.5) is 4.39 Å². The molecule has 5 heteroatoms. The molecule has 0 atom stereocenters. The Labute approximate surface area is 149 Å². The molecule has 1 fully saturated rings. The van der Waals surface area contributed by atoms with Crippen molar-refractivity contribution in [1.29, 1.82) is 0 Å². The largest absolute Gasteiger partial charge is 0.380 e. The van der Waals surface area contributed by atoms with Gasteiger partial charge in [0.25, 0.3) is 5.91 Å². The van der Waals surface area contributed by atoms with Crippen LogP contribution in [0.1, 0.15) is 16.1 Å². The number of rotatable bonds is 2. The summed E-state index contributed by atoms with van der Waals surface area (Å²) in [4.78, 5) is 15.5. The highest BCUT2D eigenvalue weighted by Crippen LogP contribution is 2.34. The molecule has 1 aliphatic rings. The topological polar surface area (TPSA) is 29.5 Å². The molecule has 1 amide bonds. The van der Waals surface area contributed by atoms with Gasteiger partial charge in [0.15, 0.2) is 0 Å². The summed E-state index contributed by atoms with van der Waals surface area (Å²) in [7, 11) is 0. The number of halogens is 1. The van der Waals surface area contributed by atoms with Gasteiger partial charge in [-0.1, -0.05) is 24.3 Å². The number of carbonyl (C=O) groups excluding carboxylic acids is 1. The van der Waals surface area contributed by atoms with Gasteiger partial charge in [-0.05, 0) is 41.8 Å². The number of hydrogen-bond donors (Lipinski definition) is 0. The first-order chi connectivity index (χ1) is 12.2. The van der Waals surface area contributed by atoms with Crippen molar-refractivity contribution >= 4 is 27.3 Å². The van der Waals surface area contributed by atoms with Crippen LogP contribution >= 0.6 is 11.3 Å².